The highest BCUT2D eigenvalue weighted by molar-refractivity contribution is 5.94. The van der Waals surface area contributed by atoms with Gasteiger partial charge in [0.25, 0.3) is 0 Å². The van der Waals surface area contributed by atoms with Crippen LogP contribution in [0.3, 0.4) is 0 Å². The summed E-state index contributed by atoms with van der Waals surface area (Å²) in [6.07, 6.45) is 5.91. The fourth-order valence-electron chi connectivity index (χ4n) is 4.53. The van der Waals surface area contributed by atoms with E-state index in [1.165, 1.54) is 6.26 Å². The van der Waals surface area contributed by atoms with Crippen molar-refractivity contribution in [3.63, 3.8) is 0 Å². The van der Waals surface area contributed by atoms with E-state index in [1.54, 1.807) is 12.1 Å². The predicted molar refractivity (Wildman–Crippen MR) is 93.9 cm³/mol. The predicted octanol–water partition coefficient (Wildman–Crippen LogP) is 4.18. The van der Waals surface area contributed by atoms with Gasteiger partial charge in [0.15, 0.2) is 0 Å². The largest absolute Gasteiger partial charge is 0.457 e. The van der Waals surface area contributed by atoms with Crippen LogP contribution >= 0.6 is 0 Å². The summed E-state index contributed by atoms with van der Waals surface area (Å²) in [7, 11) is 0. The Kier molecular flexibility index (Phi) is 3.72. The number of rotatable bonds is 2. The summed E-state index contributed by atoms with van der Waals surface area (Å²) in [4.78, 5) is 24.3. The average molecular weight is 354 g/mol. The van der Waals surface area contributed by atoms with Gasteiger partial charge in [-0.3, -0.25) is 0 Å². The molecule has 0 saturated heterocycles. The molecule has 1 aromatic heterocycles. The van der Waals surface area contributed by atoms with Gasteiger partial charge in [-0.05, 0) is 36.6 Å². The summed E-state index contributed by atoms with van der Waals surface area (Å²) in [5.74, 6) is 0.327. The molecule has 0 spiro atoms. The zero-order valence-corrected chi connectivity index (χ0v) is 15.4. The van der Waals surface area contributed by atoms with E-state index in [4.69, 9.17) is 13.9 Å². The highest BCUT2D eigenvalue weighted by atomic mass is 16.6. The standard InChI is InChI=1S/C21H22O5/c1-11-18-13(3)21(4)12(2)15(25-20(23)16-6-5-9-24-16)8-7-14(21)10-17(18)26-19(11)22/h5-7,9-10,12-13,15H,8H2,1-4H3. The quantitative estimate of drug-likeness (QED) is 0.745. The first kappa shape index (κ1) is 16.9. The lowest BCUT2D eigenvalue weighted by Crippen LogP contribution is -2.46. The van der Waals surface area contributed by atoms with Gasteiger partial charge < -0.3 is 13.9 Å². The van der Waals surface area contributed by atoms with E-state index < -0.39 is 5.97 Å². The van der Waals surface area contributed by atoms with Crippen molar-refractivity contribution in [2.24, 2.45) is 17.3 Å². The summed E-state index contributed by atoms with van der Waals surface area (Å²) in [5, 5.41) is 0. The van der Waals surface area contributed by atoms with E-state index in [0.29, 0.717) is 17.8 Å². The van der Waals surface area contributed by atoms with Crippen LogP contribution in [0.25, 0.3) is 0 Å². The Morgan fingerprint density at radius 1 is 1.35 bits per heavy atom. The van der Waals surface area contributed by atoms with E-state index in [2.05, 4.69) is 26.8 Å². The molecule has 1 aliphatic heterocycles. The minimum atomic E-state index is -0.443. The first-order chi connectivity index (χ1) is 12.3. The fraction of sp³-hybridized carbons (Fsp3) is 0.429. The lowest BCUT2D eigenvalue weighted by Gasteiger charge is -2.50. The summed E-state index contributed by atoms with van der Waals surface area (Å²) < 4.78 is 16.3. The van der Waals surface area contributed by atoms with Crippen molar-refractivity contribution in [2.75, 3.05) is 0 Å². The Balaban J connectivity index is 1.68. The van der Waals surface area contributed by atoms with E-state index >= 15 is 0 Å². The van der Waals surface area contributed by atoms with Crippen LogP contribution in [-0.2, 0) is 14.3 Å². The lowest BCUT2D eigenvalue weighted by atomic mass is 9.55. The first-order valence-electron chi connectivity index (χ1n) is 8.94. The molecule has 0 bridgehead atoms. The summed E-state index contributed by atoms with van der Waals surface area (Å²) in [6, 6.07) is 3.27. The Labute approximate surface area is 152 Å². The minimum Gasteiger partial charge on any atom is -0.457 e. The van der Waals surface area contributed by atoms with Crippen LogP contribution in [0.1, 0.15) is 44.7 Å². The molecule has 5 heteroatoms. The molecule has 4 unspecified atom stereocenters. The molecular formula is C21H22O5. The number of hydrogen-bond acceptors (Lipinski definition) is 5. The van der Waals surface area contributed by atoms with Gasteiger partial charge in [-0.1, -0.05) is 26.8 Å². The topological polar surface area (TPSA) is 65.7 Å². The van der Waals surface area contributed by atoms with Crippen molar-refractivity contribution in [3.8, 4) is 0 Å². The van der Waals surface area contributed by atoms with Crippen LogP contribution in [0, 0.1) is 17.3 Å². The number of carbonyl (C=O) groups is 2. The molecule has 4 atom stereocenters. The highest BCUT2D eigenvalue weighted by Crippen LogP contribution is 2.57. The molecule has 4 rings (SSSR count). The zero-order chi connectivity index (χ0) is 18.6. The molecular weight excluding hydrogens is 332 g/mol. The van der Waals surface area contributed by atoms with Gasteiger partial charge in [-0.15, -0.1) is 0 Å². The lowest BCUT2D eigenvalue weighted by molar-refractivity contribution is -0.133. The number of ether oxygens (including phenoxy) is 2. The van der Waals surface area contributed by atoms with Crippen LogP contribution in [0.15, 0.2) is 57.4 Å². The van der Waals surface area contributed by atoms with Crippen LogP contribution in [0.5, 0.6) is 0 Å². The van der Waals surface area contributed by atoms with Crippen molar-refractivity contribution in [2.45, 2.75) is 40.2 Å². The number of fused-ring (bicyclic) bond motifs is 2. The van der Waals surface area contributed by atoms with E-state index in [1.807, 2.05) is 13.0 Å². The van der Waals surface area contributed by atoms with Crippen molar-refractivity contribution in [1.29, 1.82) is 0 Å². The molecule has 0 fully saturated rings. The molecule has 0 radical (unpaired) electrons. The van der Waals surface area contributed by atoms with E-state index in [0.717, 1.165) is 11.1 Å². The molecule has 0 saturated carbocycles. The minimum absolute atomic E-state index is 0.0743. The van der Waals surface area contributed by atoms with E-state index in [9.17, 15) is 9.59 Å². The first-order valence-corrected chi connectivity index (χ1v) is 8.94. The molecule has 0 N–H and O–H groups in total. The maximum Gasteiger partial charge on any atom is 0.374 e. The normalized spacial score (nSPS) is 33.1. The Morgan fingerprint density at radius 2 is 2.12 bits per heavy atom. The Morgan fingerprint density at radius 3 is 2.81 bits per heavy atom. The third kappa shape index (κ3) is 2.23. The Bertz CT molecular complexity index is 870. The summed E-state index contributed by atoms with van der Waals surface area (Å²) in [6.45, 7) is 8.22. The summed E-state index contributed by atoms with van der Waals surface area (Å²) in [5.41, 5.74) is 2.54. The number of carbonyl (C=O) groups excluding carboxylic acids is 2. The fourth-order valence-corrected chi connectivity index (χ4v) is 4.53. The monoisotopic (exact) mass is 354 g/mol. The van der Waals surface area contributed by atoms with Gasteiger partial charge in [-0.2, -0.15) is 0 Å². The van der Waals surface area contributed by atoms with Crippen molar-refractivity contribution in [1.82, 2.24) is 0 Å². The van der Waals surface area contributed by atoms with E-state index in [-0.39, 0.29) is 35.1 Å². The van der Waals surface area contributed by atoms with Crippen LogP contribution in [-0.4, -0.2) is 18.0 Å². The second-order valence-electron chi connectivity index (χ2n) is 7.55. The van der Waals surface area contributed by atoms with Gasteiger partial charge in [0, 0.05) is 28.9 Å². The maximum absolute atomic E-state index is 12.3. The van der Waals surface area contributed by atoms with Gasteiger partial charge in [0.1, 0.15) is 11.9 Å². The third-order valence-electron chi connectivity index (χ3n) is 6.47. The van der Waals surface area contributed by atoms with Crippen LogP contribution in [0.2, 0.25) is 0 Å². The highest BCUT2D eigenvalue weighted by Gasteiger charge is 2.52. The smallest absolute Gasteiger partial charge is 0.374 e. The van der Waals surface area contributed by atoms with Gasteiger partial charge >= 0.3 is 11.9 Å². The molecule has 2 heterocycles. The van der Waals surface area contributed by atoms with Gasteiger partial charge in [0.05, 0.1) is 6.26 Å². The molecule has 5 nitrogen and oxygen atoms in total. The molecule has 26 heavy (non-hydrogen) atoms. The molecule has 136 valence electrons. The summed E-state index contributed by atoms with van der Waals surface area (Å²) >= 11 is 0. The van der Waals surface area contributed by atoms with Crippen LogP contribution in [0.4, 0.5) is 0 Å². The molecule has 2 aliphatic carbocycles. The molecule has 3 aliphatic rings. The average Bonchev–Trinajstić information content (AvgIpc) is 3.23. The maximum atomic E-state index is 12.3. The van der Waals surface area contributed by atoms with Crippen molar-refractivity contribution in [3.05, 3.63) is 58.8 Å². The van der Waals surface area contributed by atoms with Crippen molar-refractivity contribution < 1.29 is 23.5 Å². The van der Waals surface area contributed by atoms with Gasteiger partial charge in [0.2, 0.25) is 5.76 Å². The second-order valence-corrected chi connectivity index (χ2v) is 7.55. The number of hydrogen-bond donors (Lipinski definition) is 0. The molecule has 0 aromatic carbocycles. The van der Waals surface area contributed by atoms with Gasteiger partial charge in [-0.25, -0.2) is 9.59 Å². The zero-order valence-electron chi connectivity index (χ0n) is 15.4. The number of esters is 2. The molecule has 0 amide bonds. The Hall–Kier alpha value is -2.56. The molecule has 1 aromatic rings. The second kappa shape index (κ2) is 5.73. The van der Waals surface area contributed by atoms with Crippen LogP contribution < -0.4 is 0 Å². The third-order valence-corrected chi connectivity index (χ3v) is 6.47. The SMILES string of the molecule is CC1=C2C(=CC3=CCC(OC(=O)c4ccco4)C(C)C3(C)C2C)OC1=O. The number of furan rings is 1. The number of allylic oxidation sites excluding steroid dienone is 3. The van der Waals surface area contributed by atoms with Crippen molar-refractivity contribution >= 4 is 11.9 Å².